The third kappa shape index (κ3) is 8.90. The number of esters is 1. The summed E-state index contributed by atoms with van der Waals surface area (Å²) in [5.74, 6) is -2.31. The van der Waals surface area contributed by atoms with Crippen molar-refractivity contribution in [2.75, 3.05) is 16.4 Å². The molecule has 0 saturated heterocycles. The number of anilines is 2. The van der Waals surface area contributed by atoms with Crippen molar-refractivity contribution in [1.82, 2.24) is 0 Å². The van der Waals surface area contributed by atoms with Gasteiger partial charge in [0.15, 0.2) is 0 Å². The minimum Gasteiger partial charge on any atom is -0.444 e. The molecule has 4 rings (SSSR count). The molecule has 0 saturated carbocycles. The lowest BCUT2D eigenvalue weighted by Gasteiger charge is -2.20. The van der Waals surface area contributed by atoms with Crippen molar-refractivity contribution in [3.63, 3.8) is 0 Å². The number of ether oxygens (including phenoxy) is 1. The van der Waals surface area contributed by atoms with E-state index in [0.717, 1.165) is 23.9 Å². The largest absolute Gasteiger partial charge is 0.444 e. The highest BCUT2D eigenvalue weighted by Crippen LogP contribution is 2.35. The SMILES string of the molecule is O=C(CSc1ccccc1C(=O)O[C@H](C(=O)Nc1cc(C(F)(F)F)ccc1Cl)c1ccccc1)Nc1cc(Cl)cc(Cl)c1. The summed E-state index contributed by atoms with van der Waals surface area (Å²) in [6, 6.07) is 21.3. The summed E-state index contributed by atoms with van der Waals surface area (Å²) in [4.78, 5) is 39.6. The quantitative estimate of drug-likeness (QED) is 0.138. The number of carbonyl (C=O) groups is 3. The van der Waals surface area contributed by atoms with Gasteiger partial charge in [-0.1, -0.05) is 77.3 Å². The van der Waals surface area contributed by atoms with Crippen molar-refractivity contribution in [3.05, 3.63) is 123 Å². The van der Waals surface area contributed by atoms with Crippen LogP contribution in [0.2, 0.25) is 15.1 Å². The van der Waals surface area contributed by atoms with Crippen LogP contribution in [0.4, 0.5) is 24.5 Å². The molecular formula is C30H20Cl3F3N2O4S. The van der Waals surface area contributed by atoms with Gasteiger partial charge in [0.1, 0.15) is 0 Å². The van der Waals surface area contributed by atoms with E-state index in [-0.39, 0.29) is 27.6 Å². The zero-order valence-electron chi connectivity index (χ0n) is 21.8. The lowest BCUT2D eigenvalue weighted by Crippen LogP contribution is -2.26. The Labute approximate surface area is 263 Å². The molecule has 13 heteroatoms. The van der Waals surface area contributed by atoms with Gasteiger partial charge in [0.05, 0.1) is 27.6 Å². The number of hydrogen-bond donors (Lipinski definition) is 2. The molecule has 4 aromatic rings. The van der Waals surface area contributed by atoms with Gasteiger partial charge in [-0.05, 0) is 48.5 Å². The number of carbonyl (C=O) groups excluding carboxylic acids is 3. The van der Waals surface area contributed by atoms with Gasteiger partial charge in [0, 0.05) is 26.2 Å². The lowest BCUT2D eigenvalue weighted by molar-refractivity contribution is -0.137. The van der Waals surface area contributed by atoms with Gasteiger partial charge in [-0.15, -0.1) is 11.8 Å². The van der Waals surface area contributed by atoms with Crippen molar-refractivity contribution in [1.29, 1.82) is 0 Å². The van der Waals surface area contributed by atoms with Crippen LogP contribution in [0.5, 0.6) is 0 Å². The maximum atomic E-state index is 13.3. The van der Waals surface area contributed by atoms with Crippen molar-refractivity contribution in [3.8, 4) is 0 Å². The number of hydrogen-bond acceptors (Lipinski definition) is 5. The van der Waals surface area contributed by atoms with Crippen LogP contribution in [0.15, 0.2) is 95.9 Å². The summed E-state index contributed by atoms with van der Waals surface area (Å²) < 4.78 is 45.4. The second-order valence-electron chi connectivity index (χ2n) is 8.87. The van der Waals surface area contributed by atoms with Crippen LogP contribution in [0, 0.1) is 0 Å². The fourth-order valence-electron chi connectivity index (χ4n) is 3.79. The third-order valence-electron chi connectivity index (χ3n) is 5.73. The monoisotopic (exact) mass is 666 g/mol. The van der Waals surface area contributed by atoms with Crippen LogP contribution in [0.3, 0.4) is 0 Å². The molecule has 0 aliphatic heterocycles. The number of nitrogens with one attached hydrogen (secondary N) is 2. The van der Waals surface area contributed by atoms with Crippen LogP contribution >= 0.6 is 46.6 Å². The van der Waals surface area contributed by atoms with Gasteiger partial charge in [0.25, 0.3) is 5.91 Å². The summed E-state index contributed by atoms with van der Waals surface area (Å²) >= 11 is 19.1. The Morgan fingerprint density at radius 1 is 0.814 bits per heavy atom. The summed E-state index contributed by atoms with van der Waals surface area (Å²) in [6.07, 6.45) is -6.22. The van der Waals surface area contributed by atoms with Crippen LogP contribution in [-0.2, 0) is 20.5 Å². The van der Waals surface area contributed by atoms with E-state index in [2.05, 4.69) is 10.6 Å². The molecule has 2 amide bonds. The molecule has 0 aliphatic carbocycles. The first kappa shape index (κ1) is 32.2. The summed E-state index contributed by atoms with van der Waals surface area (Å²) in [5, 5.41) is 5.56. The number of benzene rings is 4. The second kappa shape index (κ2) is 14.2. The third-order valence-corrected chi connectivity index (χ3v) is 7.57. The first-order chi connectivity index (χ1) is 20.4. The predicted molar refractivity (Wildman–Crippen MR) is 162 cm³/mol. The Morgan fingerprint density at radius 3 is 2.14 bits per heavy atom. The van der Waals surface area contributed by atoms with Crippen molar-refractivity contribution in [2.45, 2.75) is 17.2 Å². The molecule has 0 radical (unpaired) electrons. The zero-order valence-corrected chi connectivity index (χ0v) is 24.8. The number of halogens is 6. The number of thioether (sulfide) groups is 1. The molecule has 0 unspecified atom stereocenters. The second-order valence-corrected chi connectivity index (χ2v) is 11.2. The molecule has 0 heterocycles. The van der Waals surface area contributed by atoms with E-state index in [1.54, 1.807) is 36.4 Å². The average Bonchev–Trinajstić information content (AvgIpc) is 2.95. The smallest absolute Gasteiger partial charge is 0.416 e. The molecule has 1 atom stereocenters. The highest BCUT2D eigenvalue weighted by molar-refractivity contribution is 8.00. The van der Waals surface area contributed by atoms with E-state index in [0.29, 0.717) is 26.7 Å². The Kier molecular flexibility index (Phi) is 10.6. The van der Waals surface area contributed by atoms with Gasteiger partial charge in [-0.25, -0.2) is 4.79 Å². The molecule has 0 aliphatic rings. The minimum absolute atomic E-state index is 0.0666. The molecule has 0 spiro atoms. The fraction of sp³-hybridized carbons (Fsp3) is 0.100. The topological polar surface area (TPSA) is 84.5 Å². The van der Waals surface area contributed by atoms with Crippen LogP contribution in [0.1, 0.15) is 27.6 Å². The number of alkyl halides is 3. The van der Waals surface area contributed by atoms with Crippen LogP contribution in [-0.4, -0.2) is 23.5 Å². The maximum Gasteiger partial charge on any atom is 0.416 e. The van der Waals surface area contributed by atoms with Crippen molar-refractivity contribution >= 4 is 75.7 Å². The lowest BCUT2D eigenvalue weighted by atomic mass is 10.1. The van der Waals surface area contributed by atoms with Crippen LogP contribution in [0.25, 0.3) is 0 Å². The van der Waals surface area contributed by atoms with E-state index in [4.69, 9.17) is 39.5 Å². The standard InChI is InChI=1S/C30H20Cl3F3N2O4S/c31-19-13-20(32)15-21(14-19)37-26(39)16-43-25-9-5-4-8-22(25)29(41)42-27(17-6-2-1-3-7-17)28(40)38-24-12-18(30(34,35)36)10-11-23(24)33/h1-15,27H,16H2,(H,37,39)(H,38,40)/t27-/m0/s1. The maximum absolute atomic E-state index is 13.3. The van der Waals surface area contributed by atoms with E-state index in [1.165, 1.54) is 36.4 Å². The van der Waals surface area contributed by atoms with Crippen LogP contribution < -0.4 is 10.6 Å². The first-order valence-corrected chi connectivity index (χ1v) is 14.4. The Balaban J connectivity index is 1.52. The summed E-state index contributed by atoms with van der Waals surface area (Å²) in [7, 11) is 0. The van der Waals surface area contributed by atoms with Gasteiger partial charge in [0.2, 0.25) is 12.0 Å². The van der Waals surface area contributed by atoms with Gasteiger partial charge < -0.3 is 15.4 Å². The molecule has 6 nitrogen and oxygen atoms in total. The van der Waals surface area contributed by atoms with Crippen molar-refractivity contribution in [2.24, 2.45) is 0 Å². The number of rotatable bonds is 9. The normalized spacial score (nSPS) is 11.9. The molecular weight excluding hydrogens is 648 g/mol. The van der Waals surface area contributed by atoms with Gasteiger partial charge in [-0.3, -0.25) is 9.59 Å². The summed E-state index contributed by atoms with van der Waals surface area (Å²) in [6.45, 7) is 0. The molecule has 4 aromatic carbocycles. The zero-order chi connectivity index (χ0) is 31.1. The average molecular weight is 668 g/mol. The van der Waals surface area contributed by atoms with E-state index in [1.807, 2.05) is 0 Å². The molecule has 43 heavy (non-hydrogen) atoms. The highest BCUT2D eigenvalue weighted by Gasteiger charge is 2.32. The molecule has 222 valence electrons. The predicted octanol–water partition coefficient (Wildman–Crippen LogP) is 8.93. The van der Waals surface area contributed by atoms with Gasteiger partial charge in [-0.2, -0.15) is 13.2 Å². The Bertz CT molecular complexity index is 1640. The Hall–Kier alpha value is -3.70. The molecule has 0 bridgehead atoms. The molecule has 0 aromatic heterocycles. The first-order valence-electron chi connectivity index (χ1n) is 12.3. The van der Waals surface area contributed by atoms with E-state index < -0.39 is 35.6 Å². The number of amides is 2. The van der Waals surface area contributed by atoms with Gasteiger partial charge >= 0.3 is 12.1 Å². The Morgan fingerprint density at radius 2 is 1.47 bits per heavy atom. The minimum atomic E-state index is -4.67. The highest BCUT2D eigenvalue weighted by atomic mass is 35.5. The molecule has 0 fully saturated rings. The van der Waals surface area contributed by atoms with E-state index >= 15 is 0 Å². The fourth-order valence-corrected chi connectivity index (χ4v) is 5.33. The van der Waals surface area contributed by atoms with E-state index in [9.17, 15) is 27.6 Å². The summed E-state index contributed by atoms with van der Waals surface area (Å²) in [5.41, 5.74) is -0.596. The molecule has 2 N–H and O–H groups in total. The van der Waals surface area contributed by atoms with Crippen molar-refractivity contribution < 1.29 is 32.3 Å².